The number of hydrogen-bond donors (Lipinski definition) is 1. The Morgan fingerprint density at radius 1 is 1.60 bits per heavy atom. The summed E-state index contributed by atoms with van der Waals surface area (Å²) in [6.07, 6.45) is 2.23. The molecule has 0 heterocycles. The predicted octanol–water partition coefficient (Wildman–Crippen LogP) is 1.64. The highest BCUT2D eigenvalue weighted by molar-refractivity contribution is 5.68. The Hall–Kier alpha value is -0.640. The van der Waals surface area contributed by atoms with Crippen LogP contribution in [0.15, 0.2) is 0 Å². The van der Waals surface area contributed by atoms with E-state index in [2.05, 4.69) is 0 Å². The van der Waals surface area contributed by atoms with Crippen LogP contribution >= 0.6 is 0 Å². The van der Waals surface area contributed by atoms with Gasteiger partial charge in [-0.2, -0.15) is 0 Å². The van der Waals surface area contributed by atoms with Crippen LogP contribution in [0, 0.1) is 17.8 Å². The number of rotatable bonds is 3. The Morgan fingerprint density at radius 2 is 2.33 bits per heavy atom. The van der Waals surface area contributed by atoms with Crippen molar-refractivity contribution >= 4 is 5.97 Å². The van der Waals surface area contributed by atoms with Crippen molar-refractivity contribution in [3.63, 3.8) is 0 Å². The zero-order chi connectivity index (χ0) is 11.1. The van der Waals surface area contributed by atoms with Gasteiger partial charge in [0.25, 0.3) is 0 Å². The van der Waals surface area contributed by atoms with E-state index in [1.807, 2.05) is 0 Å². The van der Waals surface area contributed by atoms with Gasteiger partial charge in [0.2, 0.25) is 5.85 Å². The van der Waals surface area contributed by atoms with E-state index in [1.165, 1.54) is 0 Å². The lowest BCUT2D eigenvalue weighted by atomic mass is 9.86. The van der Waals surface area contributed by atoms with Crippen molar-refractivity contribution in [3.05, 3.63) is 0 Å². The number of aliphatic hydroxyl groups is 1. The van der Waals surface area contributed by atoms with E-state index in [-0.39, 0.29) is 36.8 Å². The van der Waals surface area contributed by atoms with Gasteiger partial charge in [-0.05, 0) is 18.8 Å². The molecule has 2 bridgehead atoms. The molecule has 15 heavy (non-hydrogen) atoms. The molecule has 0 spiro atoms. The molecule has 0 amide bonds. The Balaban J connectivity index is 1.88. The van der Waals surface area contributed by atoms with Crippen molar-refractivity contribution in [3.8, 4) is 0 Å². The summed E-state index contributed by atoms with van der Waals surface area (Å²) in [5.41, 5.74) is 0. The quantitative estimate of drug-likeness (QED) is 0.729. The Bertz CT molecular complexity index is 265. The van der Waals surface area contributed by atoms with Gasteiger partial charge in [-0.3, -0.25) is 4.79 Å². The van der Waals surface area contributed by atoms with Gasteiger partial charge in [0.05, 0.1) is 6.61 Å². The van der Waals surface area contributed by atoms with Crippen molar-refractivity contribution in [2.45, 2.75) is 38.5 Å². The maximum Gasteiger partial charge on any atom is 0.305 e. The first-order chi connectivity index (χ1) is 7.03. The molecule has 1 N–H and O–H groups in total. The molecule has 2 aliphatic rings. The number of alkyl halides is 1. The van der Waals surface area contributed by atoms with Gasteiger partial charge in [0.15, 0.2) is 0 Å². The second-order valence-electron chi connectivity index (χ2n) is 4.76. The molecule has 0 aromatic rings. The highest BCUT2D eigenvalue weighted by Gasteiger charge is 2.55. The molecule has 0 saturated heterocycles. The standard InChI is InChI=1S/C11H17FO3/c1-2-10(13)15-6-8-3-7-4-9(8)11(12,14)5-7/h7-9,14H,2-6H2,1H3. The van der Waals surface area contributed by atoms with Crippen LogP contribution in [0.25, 0.3) is 0 Å². The van der Waals surface area contributed by atoms with Crippen LogP contribution in [0.1, 0.15) is 32.6 Å². The minimum Gasteiger partial charge on any atom is -0.465 e. The average molecular weight is 216 g/mol. The molecule has 4 unspecified atom stereocenters. The lowest BCUT2D eigenvalue weighted by Crippen LogP contribution is -2.37. The third-order valence-electron chi connectivity index (χ3n) is 3.68. The minimum atomic E-state index is -2.02. The van der Waals surface area contributed by atoms with Gasteiger partial charge in [0, 0.05) is 24.7 Å². The summed E-state index contributed by atoms with van der Waals surface area (Å²) in [6, 6.07) is 0. The first kappa shape index (κ1) is 10.9. The smallest absolute Gasteiger partial charge is 0.305 e. The third kappa shape index (κ3) is 2.00. The fourth-order valence-corrected chi connectivity index (χ4v) is 2.99. The van der Waals surface area contributed by atoms with Gasteiger partial charge in [-0.15, -0.1) is 0 Å². The maximum absolute atomic E-state index is 13.6. The predicted molar refractivity (Wildman–Crippen MR) is 51.6 cm³/mol. The number of esters is 1. The number of ether oxygens (including phenoxy) is 1. The lowest BCUT2D eigenvalue weighted by Gasteiger charge is -2.30. The largest absolute Gasteiger partial charge is 0.465 e. The Kier molecular flexibility index (Phi) is 2.71. The monoisotopic (exact) mass is 216 g/mol. The zero-order valence-electron chi connectivity index (χ0n) is 8.91. The average Bonchev–Trinajstić information content (AvgIpc) is 2.68. The lowest BCUT2D eigenvalue weighted by molar-refractivity contribution is -0.161. The van der Waals surface area contributed by atoms with Gasteiger partial charge >= 0.3 is 5.97 Å². The summed E-state index contributed by atoms with van der Waals surface area (Å²) in [5, 5.41) is 9.47. The topological polar surface area (TPSA) is 46.5 Å². The Morgan fingerprint density at radius 3 is 2.87 bits per heavy atom. The van der Waals surface area contributed by atoms with E-state index in [4.69, 9.17) is 4.74 Å². The van der Waals surface area contributed by atoms with Gasteiger partial charge in [-0.1, -0.05) is 6.92 Å². The summed E-state index contributed by atoms with van der Waals surface area (Å²) in [5.74, 6) is -2.32. The molecule has 2 fully saturated rings. The molecule has 2 saturated carbocycles. The molecule has 2 rings (SSSR count). The molecule has 0 aromatic heterocycles. The van der Waals surface area contributed by atoms with E-state index in [0.717, 1.165) is 12.8 Å². The van der Waals surface area contributed by atoms with Crippen LogP contribution in [-0.2, 0) is 9.53 Å². The van der Waals surface area contributed by atoms with E-state index in [0.29, 0.717) is 6.42 Å². The molecule has 3 nitrogen and oxygen atoms in total. The maximum atomic E-state index is 13.6. The molecule has 4 heteroatoms. The molecule has 0 aromatic carbocycles. The molecule has 0 radical (unpaired) electrons. The van der Waals surface area contributed by atoms with Crippen molar-refractivity contribution in [2.75, 3.05) is 6.61 Å². The van der Waals surface area contributed by atoms with Crippen LogP contribution in [0.3, 0.4) is 0 Å². The van der Waals surface area contributed by atoms with Crippen molar-refractivity contribution in [1.82, 2.24) is 0 Å². The molecule has 0 aliphatic heterocycles. The summed E-state index contributed by atoms with van der Waals surface area (Å²) in [7, 11) is 0. The van der Waals surface area contributed by atoms with E-state index < -0.39 is 5.85 Å². The first-order valence-electron chi connectivity index (χ1n) is 5.60. The van der Waals surface area contributed by atoms with Crippen LogP contribution in [0.5, 0.6) is 0 Å². The number of fused-ring (bicyclic) bond motifs is 2. The highest BCUT2D eigenvalue weighted by Crippen LogP contribution is 2.54. The highest BCUT2D eigenvalue weighted by atomic mass is 19.2. The summed E-state index contributed by atoms with van der Waals surface area (Å²) >= 11 is 0. The number of carbonyl (C=O) groups excluding carboxylic acids is 1. The van der Waals surface area contributed by atoms with Crippen LogP contribution < -0.4 is 0 Å². The van der Waals surface area contributed by atoms with Crippen LogP contribution in [-0.4, -0.2) is 23.5 Å². The second kappa shape index (κ2) is 3.74. The molecular formula is C11H17FO3. The van der Waals surface area contributed by atoms with Crippen molar-refractivity contribution in [1.29, 1.82) is 0 Å². The molecule has 2 aliphatic carbocycles. The molecular weight excluding hydrogens is 199 g/mol. The van der Waals surface area contributed by atoms with Crippen LogP contribution in [0.4, 0.5) is 4.39 Å². The normalized spacial score (nSPS) is 43.3. The molecule has 4 atom stereocenters. The van der Waals surface area contributed by atoms with Crippen LogP contribution in [0.2, 0.25) is 0 Å². The van der Waals surface area contributed by atoms with Gasteiger partial charge in [-0.25, -0.2) is 4.39 Å². The van der Waals surface area contributed by atoms with Gasteiger partial charge < -0.3 is 9.84 Å². The zero-order valence-corrected chi connectivity index (χ0v) is 8.91. The van der Waals surface area contributed by atoms with Crippen molar-refractivity contribution in [2.24, 2.45) is 17.8 Å². The summed E-state index contributed by atoms with van der Waals surface area (Å²) < 4.78 is 18.6. The van der Waals surface area contributed by atoms with Crippen molar-refractivity contribution < 1.29 is 19.0 Å². The summed E-state index contributed by atoms with van der Waals surface area (Å²) in [4.78, 5) is 11.0. The Labute approximate surface area is 88.6 Å². The fraction of sp³-hybridized carbons (Fsp3) is 0.909. The fourth-order valence-electron chi connectivity index (χ4n) is 2.99. The first-order valence-corrected chi connectivity index (χ1v) is 5.60. The number of halogens is 1. The minimum absolute atomic E-state index is 0.00856. The van der Waals surface area contributed by atoms with E-state index >= 15 is 0 Å². The van der Waals surface area contributed by atoms with E-state index in [1.54, 1.807) is 6.92 Å². The van der Waals surface area contributed by atoms with Gasteiger partial charge in [0.1, 0.15) is 0 Å². The third-order valence-corrected chi connectivity index (χ3v) is 3.68. The number of carbonyl (C=O) groups is 1. The number of hydrogen-bond acceptors (Lipinski definition) is 3. The molecule has 86 valence electrons. The SMILES string of the molecule is CCC(=O)OCC1CC2CC1C(O)(F)C2. The van der Waals surface area contributed by atoms with E-state index in [9.17, 15) is 14.3 Å². The summed E-state index contributed by atoms with van der Waals surface area (Å²) in [6.45, 7) is 1.99. The second-order valence-corrected chi connectivity index (χ2v) is 4.76.